The third-order valence-electron chi connectivity index (χ3n) is 4.89. The van der Waals surface area contributed by atoms with Crippen LogP contribution in [0.25, 0.3) is 10.9 Å². The van der Waals surface area contributed by atoms with Crippen LogP contribution in [0.4, 0.5) is 0 Å². The fourth-order valence-corrected chi connectivity index (χ4v) is 3.57. The van der Waals surface area contributed by atoms with Gasteiger partial charge in [-0.05, 0) is 70.1 Å². The molecule has 1 aromatic heterocycles. The van der Waals surface area contributed by atoms with Crippen LogP contribution in [0.5, 0.6) is 0 Å². The van der Waals surface area contributed by atoms with Gasteiger partial charge in [0.25, 0.3) is 5.91 Å². The second-order valence-electron chi connectivity index (χ2n) is 6.37. The number of aryl methyl sites for hydroxylation is 2. The zero-order valence-corrected chi connectivity index (χ0v) is 16.6. The van der Waals surface area contributed by atoms with E-state index in [1.54, 1.807) is 0 Å². The first kappa shape index (κ1) is 19.8. The number of halogens is 1. The Morgan fingerprint density at radius 1 is 1.20 bits per heavy atom. The van der Waals surface area contributed by atoms with Gasteiger partial charge in [0.2, 0.25) is 0 Å². The highest BCUT2D eigenvalue weighted by molar-refractivity contribution is 6.31. The van der Waals surface area contributed by atoms with E-state index >= 15 is 0 Å². The number of carbonyl (C=O) groups excluding carboxylic acids is 1. The smallest absolute Gasteiger partial charge is 0.268 e. The molecule has 2 aromatic rings. The number of nitrogens with one attached hydrogen (secondary N) is 1. The molecule has 0 saturated carbocycles. The fourth-order valence-electron chi connectivity index (χ4n) is 3.40. The molecule has 0 spiro atoms. The summed E-state index contributed by atoms with van der Waals surface area (Å²) in [5.41, 5.74) is 2.82. The molecule has 0 bridgehead atoms. The first-order valence-corrected chi connectivity index (χ1v) is 9.70. The van der Waals surface area contributed by atoms with Crippen LogP contribution in [0.15, 0.2) is 18.2 Å². The molecule has 2 rings (SSSR count). The van der Waals surface area contributed by atoms with Crippen molar-refractivity contribution in [3.05, 3.63) is 34.5 Å². The van der Waals surface area contributed by atoms with E-state index in [0.29, 0.717) is 11.6 Å². The SMILES string of the molecule is CCN(CC)CCCCNC(=O)c1c(C)c2cc(Cl)ccc2n1CC. The van der Waals surface area contributed by atoms with Gasteiger partial charge < -0.3 is 14.8 Å². The Morgan fingerprint density at radius 3 is 2.56 bits per heavy atom. The van der Waals surface area contributed by atoms with Crippen LogP contribution in [0.3, 0.4) is 0 Å². The minimum atomic E-state index is 0.00881. The van der Waals surface area contributed by atoms with Crippen molar-refractivity contribution < 1.29 is 4.79 Å². The molecule has 4 nitrogen and oxygen atoms in total. The highest BCUT2D eigenvalue weighted by Crippen LogP contribution is 2.28. The summed E-state index contributed by atoms with van der Waals surface area (Å²) >= 11 is 6.13. The van der Waals surface area contributed by atoms with Crippen molar-refractivity contribution in [2.75, 3.05) is 26.2 Å². The maximum Gasteiger partial charge on any atom is 0.268 e. The predicted octanol–water partition coefficient (Wildman–Crippen LogP) is 4.47. The van der Waals surface area contributed by atoms with Crippen LogP contribution in [-0.2, 0) is 6.54 Å². The number of amides is 1. The van der Waals surface area contributed by atoms with Gasteiger partial charge in [-0.1, -0.05) is 25.4 Å². The lowest BCUT2D eigenvalue weighted by molar-refractivity contribution is 0.0943. The molecule has 1 N–H and O–H groups in total. The number of unbranched alkanes of at least 4 members (excludes halogenated alkanes) is 1. The van der Waals surface area contributed by atoms with E-state index in [-0.39, 0.29) is 5.91 Å². The molecular weight excluding hydrogens is 334 g/mol. The van der Waals surface area contributed by atoms with Crippen LogP contribution < -0.4 is 5.32 Å². The summed E-state index contributed by atoms with van der Waals surface area (Å²) < 4.78 is 2.08. The first-order valence-electron chi connectivity index (χ1n) is 9.32. The maximum atomic E-state index is 12.7. The zero-order valence-electron chi connectivity index (χ0n) is 15.9. The Labute approximate surface area is 156 Å². The summed E-state index contributed by atoms with van der Waals surface area (Å²) in [5.74, 6) is 0.00881. The Kier molecular flexibility index (Phi) is 7.33. The van der Waals surface area contributed by atoms with E-state index in [9.17, 15) is 4.79 Å². The molecule has 0 unspecified atom stereocenters. The van der Waals surface area contributed by atoms with E-state index in [2.05, 4.69) is 35.6 Å². The molecule has 0 aliphatic heterocycles. The standard InChI is InChI=1S/C20H30ClN3O/c1-5-23(6-2)13-9-8-12-22-20(25)19-15(4)17-14-16(21)10-11-18(17)24(19)7-3/h10-11,14H,5-9,12-13H2,1-4H3,(H,22,25). The van der Waals surface area contributed by atoms with Gasteiger partial charge in [-0.2, -0.15) is 0 Å². The second kappa shape index (κ2) is 9.25. The topological polar surface area (TPSA) is 37.3 Å². The van der Waals surface area contributed by atoms with Crippen molar-refractivity contribution in [2.24, 2.45) is 0 Å². The van der Waals surface area contributed by atoms with Gasteiger partial charge in [0.1, 0.15) is 5.69 Å². The third kappa shape index (κ3) is 4.56. The number of hydrogen-bond acceptors (Lipinski definition) is 2. The van der Waals surface area contributed by atoms with Gasteiger partial charge >= 0.3 is 0 Å². The molecule has 25 heavy (non-hydrogen) atoms. The lowest BCUT2D eigenvalue weighted by atomic mass is 10.1. The molecule has 0 atom stereocenters. The lowest BCUT2D eigenvalue weighted by Gasteiger charge is -2.17. The van der Waals surface area contributed by atoms with Crippen molar-refractivity contribution in [2.45, 2.75) is 47.1 Å². The van der Waals surface area contributed by atoms with Gasteiger partial charge in [-0.3, -0.25) is 4.79 Å². The van der Waals surface area contributed by atoms with E-state index in [1.165, 1.54) is 0 Å². The highest BCUT2D eigenvalue weighted by Gasteiger charge is 2.19. The number of nitrogens with zero attached hydrogens (tertiary/aromatic N) is 2. The Morgan fingerprint density at radius 2 is 1.92 bits per heavy atom. The van der Waals surface area contributed by atoms with E-state index in [4.69, 9.17) is 11.6 Å². The monoisotopic (exact) mass is 363 g/mol. The quantitative estimate of drug-likeness (QED) is 0.667. The van der Waals surface area contributed by atoms with E-state index in [1.807, 2.05) is 25.1 Å². The summed E-state index contributed by atoms with van der Waals surface area (Å²) in [5, 5.41) is 4.85. The number of carbonyl (C=O) groups is 1. The highest BCUT2D eigenvalue weighted by atomic mass is 35.5. The number of aromatic nitrogens is 1. The molecule has 0 aliphatic rings. The maximum absolute atomic E-state index is 12.7. The summed E-state index contributed by atoms with van der Waals surface area (Å²) in [7, 11) is 0. The first-order chi connectivity index (χ1) is 12.0. The molecule has 138 valence electrons. The molecule has 0 aliphatic carbocycles. The third-order valence-corrected chi connectivity index (χ3v) is 5.13. The molecule has 1 aromatic carbocycles. The second-order valence-corrected chi connectivity index (χ2v) is 6.81. The minimum Gasteiger partial charge on any atom is -0.351 e. The molecule has 1 heterocycles. The van der Waals surface area contributed by atoms with Gasteiger partial charge in [-0.25, -0.2) is 0 Å². The summed E-state index contributed by atoms with van der Waals surface area (Å²) in [6.07, 6.45) is 2.10. The van der Waals surface area contributed by atoms with Gasteiger partial charge in [0.15, 0.2) is 0 Å². The van der Waals surface area contributed by atoms with Crippen LogP contribution >= 0.6 is 11.6 Å². The summed E-state index contributed by atoms with van der Waals surface area (Å²) in [4.78, 5) is 15.1. The zero-order chi connectivity index (χ0) is 18.4. The van der Waals surface area contributed by atoms with Crippen molar-refractivity contribution in [3.8, 4) is 0 Å². The molecular formula is C20H30ClN3O. The summed E-state index contributed by atoms with van der Waals surface area (Å²) in [6.45, 7) is 13.2. The van der Waals surface area contributed by atoms with Crippen LogP contribution in [-0.4, -0.2) is 41.6 Å². The lowest BCUT2D eigenvalue weighted by Crippen LogP contribution is -2.29. The largest absolute Gasteiger partial charge is 0.351 e. The Balaban J connectivity index is 2.03. The number of benzene rings is 1. The predicted molar refractivity (Wildman–Crippen MR) is 107 cm³/mol. The number of rotatable bonds is 9. The van der Waals surface area contributed by atoms with Crippen molar-refractivity contribution in [1.82, 2.24) is 14.8 Å². The van der Waals surface area contributed by atoms with E-state index < -0.39 is 0 Å². The van der Waals surface area contributed by atoms with Crippen LogP contribution in [0, 0.1) is 6.92 Å². The molecule has 5 heteroatoms. The average molecular weight is 364 g/mol. The van der Waals surface area contributed by atoms with Crippen molar-refractivity contribution in [3.63, 3.8) is 0 Å². The van der Waals surface area contributed by atoms with Gasteiger partial charge in [0.05, 0.1) is 0 Å². The van der Waals surface area contributed by atoms with Crippen molar-refractivity contribution >= 4 is 28.4 Å². The van der Waals surface area contributed by atoms with Gasteiger partial charge in [0, 0.05) is 29.0 Å². The minimum absolute atomic E-state index is 0.00881. The van der Waals surface area contributed by atoms with Crippen LogP contribution in [0.1, 0.15) is 49.7 Å². The van der Waals surface area contributed by atoms with Crippen molar-refractivity contribution in [1.29, 1.82) is 0 Å². The molecule has 0 saturated heterocycles. The normalized spacial score (nSPS) is 11.4. The van der Waals surface area contributed by atoms with Crippen LogP contribution in [0.2, 0.25) is 5.02 Å². The Bertz CT molecular complexity index is 719. The number of fused-ring (bicyclic) bond motifs is 1. The Hall–Kier alpha value is -1.52. The molecule has 0 fully saturated rings. The molecule has 1 amide bonds. The molecule has 0 radical (unpaired) electrons. The fraction of sp³-hybridized carbons (Fsp3) is 0.550. The summed E-state index contributed by atoms with van der Waals surface area (Å²) in [6, 6.07) is 5.82. The van der Waals surface area contributed by atoms with Gasteiger partial charge in [-0.15, -0.1) is 0 Å². The van der Waals surface area contributed by atoms with E-state index in [0.717, 1.165) is 61.2 Å². The average Bonchev–Trinajstić information content (AvgIpc) is 2.89. The number of hydrogen-bond donors (Lipinski definition) is 1.